The van der Waals surface area contributed by atoms with Gasteiger partial charge in [0.2, 0.25) is 0 Å². The van der Waals surface area contributed by atoms with Gasteiger partial charge in [0.15, 0.2) is 5.82 Å². The fourth-order valence-electron chi connectivity index (χ4n) is 1.39. The molecule has 0 saturated heterocycles. The molecule has 0 spiro atoms. The highest BCUT2D eigenvalue weighted by Crippen LogP contribution is 2.18. The summed E-state index contributed by atoms with van der Waals surface area (Å²) < 4.78 is 0. The molecule has 5 heteroatoms. The van der Waals surface area contributed by atoms with Gasteiger partial charge in [0.1, 0.15) is 17.4 Å². The lowest BCUT2D eigenvalue weighted by molar-refractivity contribution is 0.419. The maximum atomic E-state index is 9.46. The molecule has 2 aromatic rings. The lowest BCUT2D eigenvalue weighted by atomic mass is 10.2. The Hall–Kier alpha value is -1.99. The Morgan fingerprint density at radius 1 is 1.50 bits per heavy atom. The molecule has 0 radical (unpaired) electrons. The van der Waals surface area contributed by atoms with Gasteiger partial charge >= 0.3 is 0 Å². The second kappa shape index (κ2) is 4.25. The van der Waals surface area contributed by atoms with Crippen LogP contribution in [0.2, 0.25) is 0 Å². The number of rotatable bonds is 2. The monoisotopic (exact) mass is 233 g/mol. The van der Waals surface area contributed by atoms with Gasteiger partial charge in [-0.2, -0.15) is 5.26 Å². The molecule has 0 aliphatic carbocycles. The molecular weight excluding hydrogens is 226 g/mol. The number of nitrogens with zero attached hydrogens (tertiary/aromatic N) is 2. The maximum absolute atomic E-state index is 9.46. The Morgan fingerprint density at radius 3 is 2.88 bits per heavy atom. The van der Waals surface area contributed by atoms with E-state index in [0.717, 1.165) is 11.0 Å². The molecule has 0 unspecified atom stereocenters. The van der Waals surface area contributed by atoms with Crippen molar-refractivity contribution in [3.05, 3.63) is 35.8 Å². The highest BCUT2D eigenvalue weighted by atomic mass is 35.5. The first-order valence-corrected chi connectivity index (χ1v) is 5.13. The normalized spacial score (nSPS) is 12.2. The Balaban J connectivity index is 2.60. The zero-order valence-corrected chi connectivity index (χ0v) is 8.99. The van der Waals surface area contributed by atoms with Crippen LogP contribution in [-0.2, 0) is 0 Å². The maximum Gasteiger partial charge on any atom is 0.152 e. The van der Waals surface area contributed by atoms with Crippen LogP contribution in [0.5, 0.6) is 0 Å². The topological polar surface area (TPSA) is 72.7 Å². The van der Waals surface area contributed by atoms with Crippen LogP contribution >= 0.6 is 11.6 Å². The van der Waals surface area contributed by atoms with Crippen molar-refractivity contribution in [3.8, 4) is 6.07 Å². The van der Waals surface area contributed by atoms with E-state index < -0.39 is 0 Å². The first-order valence-electron chi connectivity index (χ1n) is 4.59. The first kappa shape index (κ1) is 10.5. The van der Waals surface area contributed by atoms with E-state index in [1.165, 1.54) is 0 Å². The second-order valence-corrected chi connectivity index (χ2v) is 3.44. The number of H-pyrrole nitrogens is 1. The van der Waals surface area contributed by atoms with Crippen molar-refractivity contribution in [3.63, 3.8) is 0 Å². The lowest BCUT2D eigenvalue weighted by Crippen LogP contribution is -1.92. The Kier molecular flexibility index (Phi) is 2.80. The summed E-state index contributed by atoms with van der Waals surface area (Å²) in [6.45, 7) is 0. The van der Waals surface area contributed by atoms with E-state index in [9.17, 15) is 5.11 Å². The van der Waals surface area contributed by atoms with Gasteiger partial charge in [-0.15, -0.1) is 11.6 Å². The summed E-state index contributed by atoms with van der Waals surface area (Å²) in [5.74, 6) is 0.0463. The fourth-order valence-corrected chi connectivity index (χ4v) is 1.53. The van der Waals surface area contributed by atoms with Crippen molar-refractivity contribution < 1.29 is 5.11 Å². The van der Waals surface area contributed by atoms with Crippen LogP contribution in [-0.4, -0.2) is 21.0 Å². The molecule has 4 nitrogen and oxygen atoms in total. The molecule has 80 valence electrons. The highest BCUT2D eigenvalue weighted by molar-refractivity contribution is 6.19. The Bertz CT molecular complexity index is 562. The molecule has 1 aromatic carbocycles. The van der Waals surface area contributed by atoms with E-state index in [1.807, 2.05) is 30.3 Å². The number of alkyl halides is 1. The van der Waals surface area contributed by atoms with Gasteiger partial charge in [0.25, 0.3) is 0 Å². The van der Waals surface area contributed by atoms with Gasteiger partial charge in [0, 0.05) is 0 Å². The van der Waals surface area contributed by atoms with Crippen LogP contribution in [0, 0.1) is 11.3 Å². The molecule has 2 rings (SSSR count). The van der Waals surface area contributed by atoms with E-state index >= 15 is 0 Å². The van der Waals surface area contributed by atoms with E-state index in [2.05, 4.69) is 9.97 Å². The SMILES string of the molecule is N#CC(=C(O)CCl)c1nc2ccccc2[nH]1. The third kappa shape index (κ3) is 1.73. The number of imidazole rings is 1. The zero-order valence-electron chi connectivity index (χ0n) is 8.24. The number of aromatic nitrogens is 2. The minimum absolute atomic E-state index is 0.0752. The van der Waals surface area contributed by atoms with Crippen molar-refractivity contribution in [2.24, 2.45) is 0 Å². The number of aliphatic hydroxyl groups excluding tert-OH is 1. The summed E-state index contributed by atoms with van der Waals surface area (Å²) in [5, 5.41) is 18.4. The number of allylic oxidation sites excluding steroid dienone is 2. The lowest BCUT2D eigenvalue weighted by Gasteiger charge is -1.96. The molecule has 0 amide bonds. The number of hydrogen-bond acceptors (Lipinski definition) is 3. The molecule has 16 heavy (non-hydrogen) atoms. The standard InChI is InChI=1S/C11H8ClN3O/c12-5-10(16)7(6-13)11-14-8-3-1-2-4-9(8)15-11/h1-4,16H,5H2,(H,14,15). The summed E-state index contributed by atoms with van der Waals surface area (Å²) in [4.78, 5) is 7.15. The fraction of sp³-hybridized carbons (Fsp3) is 0.0909. The van der Waals surface area contributed by atoms with E-state index in [4.69, 9.17) is 16.9 Å². The van der Waals surface area contributed by atoms with E-state index in [0.29, 0.717) is 5.82 Å². The number of nitrogens with one attached hydrogen (secondary N) is 1. The minimum Gasteiger partial charge on any atom is -0.510 e. The number of hydrogen-bond donors (Lipinski definition) is 2. The van der Waals surface area contributed by atoms with Crippen molar-refractivity contribution in [2.75, 3.05) is 5.88 Å². The Morgan fingerprint density at radius 2 is 2.25 bits per heavy atom. The molecule has 1 heterocycles. The van der Waals surface area contributed by atoms with Gasteiger partial charge in [-0.25, -0.2) is 4.98 Å². The van der Waals surface area contributed by atoms with Crippen LogP contribution in [0.3, 0.4) is 0 Å². The average Bonchev–Trinajstić information content (AvgIpc) is 2.72. The van der Waals surface area contributed by atoms with E-state index in [-0.39, 0.29) is 17.2 Å². The molecular formula is C11H8ClN3O. The summed E-state index contributed by atoms with van der Waals surface area (Å²) in [5.41, 5.74) is 1.63. The number of para-hydroxylation sites is 2. The van der Waals surface area contributed by atoms with Crippen LogP contribution in [0.15, 0.2) is 30.0 Å². The molecule has 0 aliphatic rings. The predicted octanol–water partition coefficient (Wildman–Crippen LogP) is 2.59. The van der Waals surface area contributed by atoms with Crippen LogP contribution < -0.4 is 0 Å². The van der Waals surface area contributed by atoms with Crippen LogP contribution in [0.1, 0.15) is 5.82 Å². The molecule has 0 bridgehead atoms. The van der Waals surface area contributed by atoms with Crippen molar-refractivity contribution in [1.29, 1.82) is 5.26 Å². The minimum atomic E-state index is -0.178. The number of nitriles is 1. The summed E-state index contributed by atoms with van der Waals surface area (Å²) in [6.07, 6.45) is 0. The van der Waals surface area contributed by atoms with Crippen molar-refractivity contribution >= 4 is 28.2 Å². The predicted molar refractivity (Wildman–Crippen MR) is 62.0 cm³/mol. The second-order valence-electron chi connectivity index (χ2n) is 3.17. The quantitative estimate of drug-likeness (QED) is 0.476. The van der Waals surface area contributed by atoms with Crippen LogP contribution in [0.25, 0.3) is 16.6 Å². The average molecular weight is 234 g/mol. The number of aliphatic hydroxyl groups is 1. The van der Waals surface area contributed by atoms with Gasteiger partial charge in [-0.05, 0) is 12.1 Å². The molecule has 0 fully saturated rings. The smallest absolute Gasteiger partial charge is 0.152 e. The van der Waals surface area contributed by atoms with Gasteiger partial charge in [-0.1, -0.05) is 12.1 Å². The first-order chi connectivity index (χ1) is 7.76. The van der Waals surface area contributed by atoms with Gasteiger partial charge in [0.05, 0.1) is 16.9 Å². The number of fused-ring (bicyclic) bond motifs is 1. The largest absolute Gasteiger partial charge is 0.510 e. The van der Waals surface area contributed by atoms with E-state index in [1.54, 1.807) is 0 Å². The summed E-state index contributed by atoms with van der Waals surface area (Å²) in [7, 11) is 0. The highest BCUT2D eigenvalue weighted by Gasteiger charge is 2.11. The zero-order chi connectivity index (χ0) is 11.5. The van der Waals surface area contributed by atoms with Gasteiger partial charge in [-0.3, -0.25) is 0 Å². The number of halogens is 1. The van der Waals surface area contributed by atoms with Crippen molar-refractivity contribution in [2.45, 2.75) is 0 Å². The molecule has 0 aliphatic heterocycles. The number of benzene rings is 1. The van der Waals surface area contributed by atoms with Crippen molar-refractivity contribution in [1.82, 2.24) is 9.97 Å². The Labute approximate surface area is 96.8 Å². The summed E-state index contributed by atoms with van der Waals surface area (Å²) in [6, 6.07) is 9.26. The molecule has 1 aromatic heterocycles. The third-order valence-electron chi connectivity index (χ3n) is 2.15. The van der Waals surface area contributed by atoms with Crippen LogP contribution in [0.4, 0.5) is 0 Å². The number of aromatic amines is 1. The molecule has 2 N–H and O–H groups in total. The molecule has 0 atom stereocenters. The van der Waals surface area contributed by atoms with Gasteiger partial charge < -0.3 is 10.1 Å². The molecule has 0 saturated carbocycles. The third-order valence-corrected chi connectivity index (χ3v) is 2.41. The summed E-state index contributed by atoms with van der Waals surface area (Å²) >= 11 is 5.47.